The lowest BCUT2D eigenvalue weighted by Crippen LogP contribution is -2.49. The Labute approximate surface area is 146 Å². The molecule has 1 aliphatic rings. The molecule has 1 aromatic rings. The summed E-state index contributed by atoms with van der Waals surface area (Å²) in [6.45, 7) is 0.636. The Morgan fingerprint density at radius 2 is 1.79 bits per heavy atom. The van der Waals surface area contributed by atoms with E-state index in [1.807, 2.05) is 0 Å². The van der Waals surface area contributed by atoms with Gasteiger partial charge in [0.15, 0.2) is 11.6 Å². The predicted molar refractivity (Wildman–Crippen MR) is 82.5 cm³/mol. The van der Waals surface area contributed by atoms with E-state index in [2.05, 4.69) is 5.32 Å². The first-order valence-electron chi connectivity index (χ1n) is 6.40. The highest BCUT2D eigenvalue weighted by molar-refractivity contribution is 5.85. The Hall–Kier alpha value is -1.36. The molecule has 0 bridgehead atoms. The molecule has 0 unspecified atom stereocenters. The maximum Gasteiger partial charge on any atom is 0.408 e. The first kappa shape index (κ1) is 22.6. The SMILES string of the molecule is Cl.Cl.O=[N+]([O-])c1cc(F)c(O)c([C@H](N2CCNCC2)C(F)(F)F)c1. The zero-order valence-corrected chi connectivity index (χ0v) is 13.7. The topological polar surface area (TPSA) is 78.6 Å². The van der Waals surface area contributed by atoms with Crippen molar-refractivity contribution in [1.82, 2.24) is 10.2 Å². The lowest BCUT2D eigenvalue weighted by atomic mass is 10.0. The Morgan fingerprint density at radius 1 is 1.25 bits per heavy atom. The van der Waals surface area contributed by atoms with E-state index in [9.17, 15) is 32.8 Å². The van der Waals surface area contributed by atoms with E-state index in [0.717, 1.165) is 4.90 Å². The third kappa shape index (κ3) is 4.82. The maximum atomic E-state index is 13.6. The number of nitrogens with zero attached hydrogens (tertiary/aromatic N) is 2. The number of halogens is 6. The monoisotopic (exact) mass is 395 g/mol. The van der Waals surface area contributed by atoms with Gasteiger partial charge in [0.1, 0.15) is 6.04 Å². The number of aromatic hydroxyl groups is 1. The Balaban J connectivity index is 0.00000264. The second-order valence-electron chi connectivity index (χ2n) is 4.85. The number of hydrogen-bond acceptors (Lipinski definition) is 5. The van der Waals surface area contributed by atoms with Crippen molar-refractivity contribution in [1.29, 1.82) is 0 Å². The molecule has 1 aromatic carbocycles. The minimum Gasteiger partial charge on any atom is -0.505 e. The molecule has 0 amide bonds. The zero-order chi connectivity index (χ0) is 16.5. The third-order valence-corrected chi connectivity index (χ3v) is 3.41. The number of piperazine rings is 1. The number of hydrogen-bond donors (Lipinski definition) is 2. The number of phenols is 1. The Bertz CT molecular complexity index is 583. The smallest absolute Gasteiger partial charge is 0.408 e. The summed E-state index contributed by atoms with van der Waals surface area (Å²) in [5.74, 6) is -2.67. The molecule has 1 heterocycles. The van der Waals surface area contributed by atoms with Crippen molar-refractivity contribution in [2.24, 2.45) is 0 Å². The molecule has 12 heteroatoms. The molecule has 1 saturated heterocycles. The highest BCUT2D eigenvalue weighted by Gasteiger charge is 2.47. The largest absolute Gasteiger partial charge is 0.505 e. The van der Waals surface area contributed by atoms with Crippen LogP contribution >= 0.6 is 24.8 Å². The summed E-state index contributed by atoms with van der Waals surface area (Å²) in [6, 6.07) is -1.34. The second-order valence-corrected chi connectivity index (χ2v) is 4.85. The van der Waals surface area contributed by atoms with Gasteiger partial charge in [0, 0.05) is 37.8 Å². The van der Waals surface area contributed by atoms with Gasteiger partial charge in [0.05, 0.1) is 11.0 Å². The van der Waals surface area contributed by atoms with E-state index < -0.39 is 40.0 Å². The molecule has 138 valence electrons. The molecule has 0 saturated carbocycles. The number of benzene rings is 1. The molecule has 0 aliphatic carbocycles. The Kier molecular flexibility index (Phi) is 8.16. The fourth-order valence-electron chi connectivity index (χ4n) is 2.44. The van der Waals surface area contributed by atoms with E-state index in [1.165, 1.54) is 0 Å². The molecular weight excluding hydrogens is 381 g/mol. The first-order valence-corrected chi connectivity index (χ1v) is 6.40. The van der Waals surface area contributed by atoms with Crippen molar-refractivity contribution in [2.45, 2.75) is 12.2 Å². The maximum absolute atomic E-state index is 13.6. The molecule has 0 spiro atoms. The van der Waals surface area contributed by atoms with Crippen LogP contribution in [0.25, 0.3) is 0 Å². The lowest BCUT2D eigenvalue weighted by molar-refractivity contribution is -0.385. The van der Waals surface area contributed by atoms with Gasteiger partial charge in [-0.15, -0.1) is 24.8 Å². The highest BCUT2D eigenvalue weighted by Crippen LogP contribution is 2.43. The predicted octanol–water partition coefficient (Wildman–Crippen LogP) is 2.79. The molecule has 1 atom stereocenters. The van der Waals surface area contributed by atoms with E-state index in [0.29, 0.717) is 25.2 Å². The minimum atomic E-state index is -4.81. The first-order chi connectivity index (χ1) is 10.2. The van der Waals surface area contributed by atoms with Gasteiger partial charge in [0.2, 0.25) is 0 Å². The van der Waals surface area contributed by atoms with Crippen molar-refractivity contribution in [3.8, 4) is 5.75 Å². The van der Waals surface area contributed by atoms with Crippen LogP contribution in [0.2, 0.25) is 0 Å². The summed E-state index contributed by atoms with van der Waals surface area (Å²) in [7, 11) is 0. The number of non-ortho nitro benzene ring substituents is 1. The van der Waals surface area contributed by atoms with Gasteiger partial charge in [-0.05, 0) is 0 Å². The van der Waals surface area contributed by atoms with Crippen LogP contribution in [0, 0.1) is 15.9 Å². The number of phenolic OH excluding ortho intramolecular Hbond substituents is 1. The lowest BCUT2D eigenvalue weighted by Gasteiger charge is -2.36. The average Bonchev–Trinajstić information content (AvgIpc) is 2.43. The fourth-order valence-corrected chi connectivity index (χ4v) is 2.44. The van der Waals surface area contributed by atoms with Gasteiger partial charge in [0.25, 0.3) is 5.69 Å². The summed E-state index contributed by atoms with van der Waals surface area (Å²) in [6.07, 6.45) is -4.81. The van der Waals surface area contributed by atoms with Crippen molar-refractivity contribution in [3.63, 3.8) is 0 Å². The summed E-state index contributed by atoms with van der Waals surface area (Å²) in [5, 5.41) is 23.2. The van der Waals surface area contributed by atoms with Crippen LogP contribution in [-0.4, -0.2) is 47.3 Å². The van der Waals surface area contributed by atoms with Crippen LogP contribution in [0.1, 0.15) is 11.6 Å². The van der Waals surface area contributed by atoms with Gasteiger partial charge >= 0.3 is 6.18 Å². The van der Waals surface area contributed by atoms with E-state index in [1.54, 1.807) is 0 Å². The highest BCUT2D eigenvalue weighted by atomic mass is 35.5. The molecule has 2 rings (SSSR count). The number of nitro groups is 1. The summed E-state index contributed by atoms with van der Waals surface area (Å²) >= 11 is 0. The average molecular weight is 396 g/mol. The molecule has 0 radical (unpaired) electrons. The standard InChI is InChI=1S/C12H13F4N3O3.2ClH/c13-9-6-7(19(21)22)5-8(10(9)20)11(12(14,15)16)18-3-1-17-2-4-18;;/h5-6,11,17,20H,1-4H2;2*1H/t11-;;/m0../s1. The molecule has 2 N–H and O–H groups in total. The van der Waals surface area contributed by atoms with Gasteiger partial charge in [-0.3, -0.25) is 15.0 Å². The van der Waals surface area contributed by atoms with Crippen LogP contribution in [-0.2, 0) is 0 Å². The summed E-state index contributed by atoms with van der Waals surface area (Å²) in [4.78, 5) is 10.7. The van der Waals surface area contributed by atoms with Crippen molar-refractivity contribution >= 4 is 30.5 Å². The van der Waals surface area contributed by atoms with Crippen LogP contribution in [0.15, 0.2) is 12.1 Å². The third-order valence-electron chi connectivity index (χ3n) is 3.41. The zero-order valence-electron chi connectivity index (χ0n) is 12.0. The van der Waals surface area contributed by atoms with Crippen molar-refractivity contribution in [3.05, 3.63) is 33.6 Å². The van der Waals surface area contributed by atoms with E-state index >= 15 is 0 Å². The van der Waals surface area contributed by atoms with Crippen LogP contribution in [0.4, 0.5) is 23.2 Å². The second kappa shape index (κ2) is 8.65. The number of nitro benzene ring substituents is 1. The normalized spacial score (nSPS) is 16.7. The molecule has 1 fully saturated rings. The molecule has 1 aliphatic heterocycles. The minimum absolute atomic E-state index is 0. The molecule has 24 heavy (non-hydrogen) atoms. The van der Waals surface area contributed by atoms with Crippen LogP contribution in [0.5, 0.6) is 5.75 Å². The molecular formula is C12H15Cl2F4N3O3. The number of alkyl halides is 3. The van der Waals surface area contributed by atoms with Crippen molar-refractivity contribution in [2.75, 3.05) is 26.2 Å². The van der Waals surface area contributed by atoms with E-state index in [-0.39, 0.29) is 37.9 Å². The Morgan fingerprint density at radius 3 is 2.25 bits per heavy atom. The summed E-state index contributed by atoms with van der Waals surface area (Å²) < 4.78 is 53.7. The van der Waals surface area contributed by atoms with Crippen molar-refractivity contribution < 1.29 is 27.6 Å². The van der Waals surface area contributed by atoms with Gasteiger partial charge in [-0.25, -0.2) is 4.39 Å². The van der Waals surface area contributed by atoms with Crippen LogP contribution < -0.4 is 5.32 Å². The van der Waals surface area contributed by atoms with Crippen LogP contribution in [0.3, 0.4) is 0 Å². The number of nitrogens with one attached hydrogen (secondary N) is 1. The number of rotatable bonds is 3. The fraction of sp³-hybridized carbons (Fsp3) is 0.500. The van der Waals surface area contributed by atoms with Gasteiger partial charge < -0.3 is 10.4 Å². The summed E-state index contributed by atoms with van der Waals surface area (Å²) in [5.41, 5.74) is -1.68. The quantitative estimate of drug-likeness (QED) is 0.467. The van der Waals surface area contributed by atoms with E-state index in [4.69, 9.17) is 0 Å². The van der Waals surface area contributed by atoms with Gasteiger partial charge in [-0.2, -0.15) is 13.2 Å². The van der Waals surface area contributed by atoms with Gasteiger partial charge in [-0.1, -0.05) is 0 Å². The molecule has 6 nitrogen and oxygen atoms in total. The molecule has 0 aromatic heterocycles.